The van der Waals surface area contributed by atoms with Gasteiger partial charge in [-0.3, -0.25) is 0 Å². The van der Waals surface area contributed by atoms with Crippen molar-refractivity contribution in [3.8, 4) is 0 Å². The Morgan fingerprint density at radius 3 is 2.27 bits per heavy atom. The summed E-state index contributed by atoms with van der Waals surface area (Å²) in [7, 11) is 0. The summed E-state index contributed by atoms with van der Waals surface area (Å²) in [5.41, 5.74) is 1.28. The SMILES string of the molecule is O=C([O-])c1ccc(Cn2cccc2)cc1. The summed E-state index contributed by atoms with van der Waals surface area (Å²) in [6, 6.07) is 10.6. The van der Waals surface area contributed by atoms with E-state index in [0.29, 0.717) is 0 Å². The highest BCUT2D eigenvalue weighted by atomic mass is 16.4. The van der Waals surface area contributed by atoms with Gasteiger partial charge in [0.1, 0.15) is 0 Å². The van der Waals surface area contributed by atoms with Gasteiger partial charge in [0, 0.05) is 18.9 Å². The molecule has 0 saturated carbocycles. The van der Waals surface area contributed by atoms with Crippen LogP contribution in [0.2, 0.25) is 0 Å². The molecule has 0 saturated heterocycles. The van der Waals surface area contributed by atoms with Gasteiger partial charge in [-0.05, 0) is 23.3 Å². The molecule has 0 amide bonds. The summed E-state index contributed by atoms with van der Waals surface area (Å²) in [6.45, 7) is 0.750. The Bertz CT molecular complexity index is 443. The van der Waals surface area contributed by atoms with Gasteiger partial charge in [-0.25, -0.2) is 0 Å². The third kappa shape index (κ3) is 2.26. The number of carbonyl (C=O) groups excluding carboxylic acids is 1. The molecule has 0 aliphatic rings. The molecule has 0 unspecified atom stereocenters. The van der Waals surface area contributed by atoms with Gasteiger partial charge in [0.25, 0.3) is 0 Å². The average molecular weight is 200 g/mol. The molecule has 15 heavy (non-hydrogen) atoms. The predicted octanol–water partition coefficient (Wildman–Crippen LogP) is 0.900. The molecule has 3 nitrogen and oxygen atoms in total. The molecular formula is C12H10NO2-. The second-order valence-corrected chi connectivity index (χ2v) is 3.34. The van der Waals surface area contributed by atoms with Gasteiger partial charge >= 0.3 is 0 Å². The Labute approximate surface area is 87.6 Å². The number of benzene rings is 1. The lowest BCUT2D eigenvalue weighted by Gasteiger charge is -2.05. The van der Waals surface area contributed by atoms with Gasteiger partial charge in [0.2, 0.25) is 0 Å². The van der Waals surface area contributed by atoms with Crippen molar-refractivity contribution in [2.24, 2.45) is 0 Å². The first-order valence-electron chi connectivity index (χ1n) is 4.67. The Morgan fingerprint density at radius 2 is 1.73 bits per heavy atom. The Hall–Kier alpha value is -2.03. The Kier molecular flexibility index (Phi) is 2.54. The molecule has 0 spiro atoms. The number of aromatic carboxylic acids is 1. The molecule has 0 aliphatic heterocycles. The average Bonchev–Trinajstić information content (AvgIpc) is 2.71. The van der Waals surface area contributed by atoms with Crippen LogP contribution in [0.15, 0.2) is 48.8 Å². The van der Waals surface area contributed by atoms with E-state index in [1.807, 2.05) is 29.1 Å². The smallest absolute Gasteiger partial charge is 0.0715 e. The molecule has 1 heterocycles. The van der Waals surface area contributed by atoms with Gasteiger partial charge in [-0.1, -0.05) is 24.3 Å². The van der Waals surface area contributed by atoms with Crippen LogP contribution in [0.4, 0.5) is 0 Å². The second-order valence-electron chi connectivity index (χ2n) is 3.34. The minimum Gasteiger partial charge on any atom is -0.545 e. The van der Waals surface area contributed by atoms with Crippen LogP contribution < -0.4 is 5.11 Å². The van der Waals surface area contributed by atoms with Gasteiger partial charge in [-0.2, -0.15) is 0 Å². The Balaban J connectivity index is 2.14. The molecule has 2 rings (SSSR count). The van der Waals surface area contributed by atoms with Crippen LogP contribution in [0.3, 0.4) is 0 Å². The minimum atomic E-state index is -1.14. The normalized spacial score (nSPS) is 10.1. The summed E-state index contributed by atoms with van der Waals surface area (Å²) in [4.78, 5) is 10.5. The van der Waals surface area contributed by atoms with Crippen LogP contribution in [0.25, 0.3) is 0 Å². The largest absolute Gasteiger partial charge is 0.545 e. The number of carboxylic acid groups (broad SMARTS) is 1. The summed E-state index contributed by atoms with van der Waals surface area (Å²) < 4.78 is 2.02. The maximum absolute atomic E-state index is 10.5. The molecule has 0 N–H and O–H groups in total. The molecule has 0 aliphatic carbocycles. The number of nitrogens with zero attached hydrogens (tertiary/aromatic N) is 1. The van der Waals surface area contributed by atoms with E-state index in [9.17, 15) is 9.90 Å². The van der Waals surface area contributed by atoms with Crippen molar-refractivity contribution in [2.75, 3.05) is 0 Å². The van der Waals surface area contributed by atoms with Crippen molar-refractivity contribution in [2.45, 2.75) is 6.54 Å². The highest BCUT2D eigenvalue weighted by Gasteiger charge is 1.95. The maximum atomic E-state index is 10.5. The standard InChI is InChI=1S/C12H11NO2/c14-12(15)11-5-3-10(4-6-11)9-13-7-1-2-8-13/h1-8H,9H2,(H,14,15)/p-1. The lowest BCUT2D eigenvalue weighted by Crippen LogP contribution is -2.22. The van der Waals surface area contributed by atoms with E-state index in [1.165, 1.54) is 0 Å². The molecule has 1 aromatic heterocycles. The molecule has 0 atom stereocenters. The number of aromatic nitrogens is 1. The van der Waals surface area contributed by atoms with Crippen molar-refractivity contribution in [1.29, 1.82) is 0 Å². The quantitative estimate of drug-likeness (QED) is 0.739. The summed E-state index contributed by atoms with van der Waals surface area (Å²) in [5, 5.41) is 10.5. The lowest BCUT2D eigenvalue weighted by atomic mass is 10.1. The molecule has 0 fully saturated rings. The van der Waals surface area contributed by atoms with E-state index in [2.05, 4.69) is 0 Å². The van der Waals surface area contributed by atoms with Crippen molar-refractivity contribution < 1.29 is 9.90 Å². The van der Waals surface area contributed by atoms with E-state index >= 15 is 0 Å². The number of hydrogen-bond acceptors (Lipinski definition) is 2. The van der Waals surface area contributed by atoms with E-state index in [0.717, 1.165) is 12.1 Å². The fourth-order valence-electron chi connectivity index (χ4n) is 1.43. The van der Waals surface area contributed by atoms with Gasteiger partial charge in [0.15, 0.2) is 0 Å². The zero-order chi connectivity index (χ0) is 10.7. The van der Waals surface area contributed by atoms with Gasteiger partial charge in [0.05, 0.1) is 5.97 Å². The third-order valence-electron chi connectivity index (χ3n) is 2.22. The fourth-order valence-corrected chi connectivity index (χ4v) is 1.43. The lowest BCUT2D eigenvalue weighted by molar-refractivity contribution is -0.255. The van der Waals surface area contributed by atoms with Crippen LogP contribution >= 0.6 is 0 Å². The molecule has 3 heteroatoms. The highest BCUT2D eigenvalue weighted by Crippen LogP contribution is 2.06. The molecule has 0 bridgehead atoms. The van der Waals surface area contributed by atoms with Crippen LogP contribution in [0.5, 0.6) is 0 Å². The second kappa shape index (κ2) is 4.00. The minimum absolute atomic E-state index is 0.214. The highest BCUT2D eigenvalue weighted by molar-refractivity contribution is 5.85. The summed E-state index contributed by atoms with van der Waals surface area (Å²) in [5.74, 6) is -1.14. The van der Waals surface area contributed by atoms with Gasteiger partial charge in [-0.15, -0.1) is 0 Å². The monoisotopic (exact) mass is 200 g/mol. The summed E-state index contributed by atoms with van der Waals surface area (Å²) in [6.07, 6.45) is 3.93. The van der Waals surface area contributed by atoms with Gasteiger partial charge < -0.3 is 14.5 Å². The van der Waals surface area contributed by atoms with Crippen LogP contribution in [0.1, 0.15) is 15.9 Å². The van der Waals surface area contributed by atoms with Crippen LogP contribution in [0, 0.1) is 0 Å². The van der Waals surface area contributed by atoms with E-state index in [-0.39, 0.29) is 5.56 Å². The van der Waals surface area contributed by atoms with Crippen LogP contribution in [-0.2, 0) is 6.54 Å². The van der Waals surface area contributed by atoms with Crippen LogP contribution in [-0.4, -0.2) is 10.5 Å². The molecule has 1 aromatic carbocycles. The van der Waals surface area contributed by atoms with Crippen molar-refractivity contribution in [3.05, 3.63) is 59.9 Å². The third-order valence-corrected chi connectivity index (χ3v) is 2.22. The molecule has 76 valence electrons. The summed E-state index contributed by atoms with van der Waals surface area (Å²) >= 11 is 0. The van der Waals surface area contributed by atoms with Crippen molar-refractivity contribution >= 4 is 5.97 Å². The predicted molar refractivity (Wildman–Crippen MR) is 54.3 cm³/mol. The Morgan fingerprint density at radius 1 is 1.13 bits per heavy atom. The van der Waals surface area contributed by atoms with Crippen molar-refractivity contribution in [3.63, 3.8) is 0 Å². The number of carboxylic acids is 1. The fraction of sp³-hybridized carbons (Fsp3) is 0.0833. The first kappa shape index (κ1) is 9.52. The maximum Gasteiger partial charge on any atom is 0.0715 e. The number of carbonyl (C=O) groups is 1. The first-order chi connectivity index (χ1) is 7.25. The molecule has 2 aromatic rings. The van der Waals surface area contributed by atoms with E-state index in [1.54, 1.807) is 24.3 Å². The van der Waals surface area contributed by atoms with E-state index < -0.39 is 5.97 Å². The molecular weight excluding hydrogens is 190 g/mol. The number of hydrogen-bond donors (Lipinski definition) is 0. The zero-order valence-electron chi connectivity index (χ0n) is 8.09. The van der Waals surface area contributed by atoms with E-state index in [4.69, 9.17) is 0 Å². The first-order valence-corrected chi connectivity index (χ1v) is 4.67. The zero-order valence-corrected chi connectivity index (χ0v) is 8.09. The topological polar surface area (TPSA) is 45.1 Å². The molecule has 0 radical (unpaired) electrons. The number of rotatable bonds is 3. The van der Waals surface area contributed by atoms with Crippen molar-refractivity contribution in [1.82, 2.24) is 4.57 Å².